The van der Waals surface area contributed by atoms with Gasteiger partial charge in [-0.15, -0.1) is 0 Å². The Balaban J connectivity index is 3.05. The Labute approximate surface area is 86.8 Å². The molecular formula is C10H10N2O3. The second-order valence-electron chi connectivity index (χ2n) is 2.88. The minimum absolute atomic E-state index is 0.0452. The van der Waals surface area contributed by atoms with Gasteiger partial charge in [0.25, 0.3) is 5.69 Å². The Morgan fingerprint density at radius 2 is 2.27 bits per heavy atom. The number of hydrogen-bond acceptors (Lipinski definition) is 3. The predicted molar refractivity (Wildman–Crippen MR) is 56.7 cm³/mol. The molecule has 0 heterocycles. The van der Waals surface area contributed by atoms with Crippen LogP contribution < -0.4 is 4.90 Å². The molecule has 0 N–H and O–H groups in total. The molecule has 0 unspecified atom stereocenters. The monoisotopic (exact) mass is 206 g/mol. The summed E-state index contributed by atoms with van der Waals surface area (Å²) >= 11 is 0. The third-order valence-corrected chi connectivity index (χ3v) is 1.93. The highest BCUT2D eigenvalue weighted by Crippen LogP contribution is 2.19. The van der Waals surface area contributed by atoms with Crippen molar-refractivity contribution in [2.24, 2.45) is 0 Å². The molecule has 78 valence electrons. The smallest absolute Gasteiger partial charge is 0.271 e. The fourth-order valence-corrected chi connectivity index (χ4v) is 1.08. The third-order valence-electron chi connectivity index (χ3n) is 1.93. The van der Waals surface area contributed by atoms with E-state index in [2.05, 4.69) is 6.58 Å². The van der Waals surface area contributed by atoms with Crippen molar-refractivity contribution in [2.75, 3.05) is 11.9 Å². The van der Waals surface area contributed by atoms with Gasteiger partial charge >= 0.3 is 0 Å². The number of likely N-dealkylation sites (N-methyl/N-ethyl adjacent to an activating group) is 1. The van der Waals surface area contributed by atoms with Crippen molar-refractivity contribution in [3.8, 4) is 0 Å². The highest BCUT2D eigenvalue weighted by atomic mass is 16.6. The van der Waals surface area contributed by atoms with E-state index in [9.17, 15) is 14.9 Å². The number of nitro groups is 1. The number of nitrogens with zero attached hydrogens (tertiary/aromatic N) is 2. The van der Waals surface area contributed by atoms with Gasteiger partial charge in [-0.3, -0.25) is 14.9 Å². The lowest BCUT2D eigenvalue weighted by Crippen LogP contribution is -2.23. The zero-order valence-electron chi connectivity index (χ0n) is 8.21. The van der Waals surface area contributed by atoms with Crippen LogP contribution in [0.5, 0.6) is 0 Å². The molecule has 0 bridgehead atoms. The largest absolute Gasteiger partial charge is 0.312 e. The fourth-order valence-electron chi connectivity index (χ4n) is 1.08. The number of hydrogen-bond donors (Lipinski definition) is 0. The van der Waals surface area contributed by atoms with Crippen molar-refractivity contribution >= 4 is 17.3 Å². The summed E-state index contributed by atoms with van der Waals surface area (Å²) in [5.41, 5.74) is 0.422. The number of anilines is 1. The molecule has 0 saturated carbocycles. The van der Waals surface area contributed by atoms with Gasteiger partial charge in [-0.25, -0.2) is 0 Å². The average molecular weight is 206 g/mol. The minimum Gasteiger partial charge on any atom is -0.312 e. The van der Waals surface area contributed by atoms with Gasteiger partial charge < -0.3 is 4.90 Å². The summed E-state index contributed by atoms with van der Waals surface area (Å²) in [6.07, 6.45) is 1.15. The van der Waals surface area contributed by atoms with Crippen molar-refractivity contribution in [3.05, 3.63) is 47.0 Å². The Hall–Kier alpha value is -2.17. The maximum Gasteiger partial charge on any atom is 0.271 e. The molecule has 0 spiro atoms. The molecule has 5 nitrogen and oxygen atoms in total. The van der Waals surface area contributed by atoms with Crippen LogP contribution in [0.25, 0.3) is 0 Å². The maximum absolute atomic E-state index is 11.2. The number of benzene rings is 1. The first-order valence-corrected chi connectivity index (χ1v) is 4.21. The quantitative estimate of drug-likeness (QED) is 0.430. The van der Waals surface area contributed by atoms with E-state index in [0.717, 1.165) is 6.08 Å². The van der Waals surface area contributed by atoms with Crippen LogP contribution in [0.2, 0.25) is 0 Å². The molecule has 0 radical (unpaired) electrons. The lowest BCUT2D eigenvalue weighted by molar-refractivity contribution is -0.384. The number of non-ortho nitro benzene ring substituents is 1. The molecule has 0 aliphatic carbocycles. The molecule has 0 saturated heterocycles. The Morgan fingerprint density at radius 3 is 2.80 bits per heavy atom. The van der Waals surface area contributed by atoms with E-state index in [1.807, 2.05) is 0 Å². The number of nitro benzene ring substituents is 1. The molecule has 1 aromatic carbocycles. The highest BCUT2D eigenvalue weighted by Gasteiger charge is 2.11. The molecule has 0 aliphatic rings. The molecule has 1 rings (SSSR count). The molecule has 1 amide bonds. The molecule has 15 heavy (non-hydrogen) atoms. The topological polar surface area (TPSA) is 63.5 Å². The molecule has 0 fully saturated rings. The van der Waals surface area contributed by atoms with Gasteiger partial charge in [-0.2, -0.15) is 0 Å². The van der Waals surface area contributed by atoms with E-state index in [-0.39, 0.29) is 11.6 Å². The summed E-state index contributed by atoms with van der Waals surface area (Å²) in [5, 5.41) is 10.5. The predicted octanol–water partition coefficient (Wildman–Crippen LogP) is 1.74. The minimum atomic E-state index is -0.504. The fraction of sp³-hybridized carbons (Fsp3) is 0.100. The van der Waals surface area contributed by atoms with Crippen molar-refractivity contribution in [1.29, 1.82) is 0 Å². The van der Waals surface area contributed by atoms with Crippen molar-refractivity contribution < 1.29 is 9.72 Å². The SMILES string of the molecule is C=CC(=O)N(C)c1cccc([N+](=O)[O-])c1. The standard InChI is InChI=1S/C10H10N2O3/c1-3-10(13)11(2)8-5-4-6-9(7-8)12(14)15/h3-7H,1H2,2H3. The summed E-state index contributed by atoms with van der Waals surface area (Å²) < 4.78 is 0. The van der Waals surface area contributed by atoms with Crippen LogP contribution >= 0.6 is 0 Å². The highest BCUT2D eigenvalue weighted by molar-refractivity contribution is 6.00. The number of carbonyl (C=O) groups is 1. The second kappa shape index (κ2) is 4.36. The zero-order valence-corrected chi connectivity index (χ0v) is 8.21. The van der Waals surface area contributed by atoms with Crippen LogP contribution in [0.3, 0.4) is 0 Å². The van der Waals surface area contributed by atoms with E-state index in [0.29, 0.717) is 5.69 Å². The van der Waals surface area contributed by atoms with Crippen LogP contribution in [-0.2, 0) is 4.79 Å². The lowest BCUT2D eigenvalue weighted by Gasteiger charge is -2.14. The molecular weight excluding hydrogens is 196 g/mol. The summed E-state index contributed by atoms with van der Waals surface area (Å²) in [6, 6.07) is 5.85. The molecule has 5 heteroatoms. The van der Waals surface area contributed by atoms with Gasteiger partial charge in [0.05, 0.1) is 10.6 Å². The van der Waals surface area contributed by atoms with Crippen LogP contribution in [-0.4, -0.2) is 17.9 Å². The van der Waals surface area contributed by atoms with Crippen molar-refractivity contribution in [3.63, 3.8) is 0 Å². The van der Waals surface area contributed by atoms with Gasteiger partial charge in [0, 0.05) is 19.2 Å². The Bertz CT molecular complexity index is 415. The summed E-state index contributed by atoms with van der Waals surface area (Å²) in [7, 11) is 1.53. The first-order chi connectivity index (χ1) is 7.06. The lowest BCUT2D eigenvalue weighted by atomic mass is 10.2. The molecule has 0 aromatic heterocycles. The molecule has 0 aliphatic heterocycles. The number of rotatable bonds is 3. The number of carbonyl (C=O) groups excluding carboxylic acids is 1. The van der Waals surface area contributed by atoms with Gasteiger partial charge in [0.15, 0.2) is 0 Å². The summed E-state index contributed by atoms with van der Waals surface area (Å²) in [6.45, 7) is 3.34. The van der Waals surface area contributed by atoms with E-state index >= 15 is 0 Å². The van der Waals surface area contributed by atoms with Gasteiger partial charge in [0.1, 0.15) is 0 Å². The van der Waals surface area contributed by atoms with Crippen LogP contribution in [0.15, 0.2) is 36.9 Å². The second-order valence-corrected chi connectivity index (χ2v) is 2.88. The van der Waals surface area contributed by atoms with Crippen molar-refractivity contribution in [1.82, 2.24) is 0 Å². The maximum atomic E-state index is 11.2. The molecule has 1 aromatic rings. The first kappa shape index (κ1) is 10.9. The Kier molecular flexibility index (Phi) is 3.17. The molecule has 0 atom stereocenters. The van der Waals surface area contributed by atoms with Crippen LogP contribution in [0.4, 0.5) is 11.4 Å². The summed E-state index contributed by atoms with van der Waals surface area (Å²) in [4.78, 5) is 22.5. The van der Waals surface area contributed by atoms with Crippen molar-refractivity contribution in [2.45, 2.75) is 0 Å². The van der Waals surface area contributed by atoms with Gasteiger partial charge in [0.2, 0.25) is 5.91 Å². The van der Waals surface area contributed by atoms with Gasteiger partial charge in [-0.1, -0.05) is 12.6 Å². The Morgan fingerprint density at radius 1 is 1.60 bits per heavy atom. The van der Waals surface area contributed by atoms with E-state index in [1.54, 1.807) is 6.07 Å². The van der Waals surface area contributed by atoms with Gasteiger partial charge in [-0.05, 0) is 12.1 Å². The first-order valence-electron chi connectivity index (χ1n) is 4.21. The van der Waals surface area contributed by atoms with E-state index < -0.39 is 4.92 Å². The normalized spacial score (nSPS) is 9.40. The number of amides is 1. The average Bonchev–Trinajstić information content (AvgIpc) is 2.27. The van der Waals surface area contributed by atoms with E-state index in [4.69, 9.17) is 0 Å². The van der Waals surface area contributed by atoms with Crippen LogP contribution in [0.1, 0.15) is 0 Å². The summed E-state index contributed by atoms with van der Waals surface area (Å²) in [5.74, 6) is -0.310. The third kappa shape index (κ3) is 2.40. The van der Waals surface area contributed by atoms with Crippen LogP contribution in [0, 0.1) is 10.1 Å². The van der Waals surface area contributed by atoms with E-state index in [1.165, 1.54) is 30.1 Å². The zero-order chi connectivity index (χ0) is 11.4.